The van der Waals surface area contributed by atoms with E-state index >= 15 is 0 Å². The molecule has 0 aliphatic carbocycles. The third kappa shape index (κ3) is 22.4. The lowest BCUT2D eigenvalue weighted by atomic mass is 10.3. The fourth-order valence-corrected chi connectivity index (χ4v) is 0.407. The molecule has 0 unspecified atom stereocenters. The summed E-state index contributed by atoms with van der Waals surface area (Å²) in [7, 11) is 1.69. The van der Waals surface area contributed by atoms with Crippen molar-refractivity contribution in [2.24, 2.45) is 15.9 Å². The molecule has 0 saturated heterocycles. The van der Waals surface area contributed by atoms with Gasteiger partial charge in [0, 0.05) is 19.5 Å². The molecule has 0 atom stereocenters. The van der Waals surface area contributed by atoms with E-state index in [1.54, 1.807) is 19.5 Å². The number of aliphatic imine (C=N–C) groups is 2. The Hall–Kier alpha value is -1.18. The first kappa shape index (κ1) is 15.3. The third-order valence-electron chi connectivity index (χ3n) is 0.797. The predicted molar refractivity (Wildman–Crippen MR) is 67.4 cm³/mol. The van der Waals surface area contributed by atoms with Crippen molar-refractivity contribution in [1.82, 2.24) is 0 Å². The molecular formula is C12H22N2. The quantitative estimate of drug-likeness (QED) is 0.614. The van der Waals surface area contributed by atoms with Gasteiger partial charge in [0.15, 0.2) is 0 Å². The topological polar surface area (TPSA) is 24.7 Å². The molecule has 0 radical (unpaired) electrons. The lowest BCUT2D eigenvalue weighted by Crippen LogP contribution is -1.76. The molecule has 0 saturated carbocycles. The van der Waals surface area contributed by atoms with Crippen molar-refractivity contribution in [3.63, 3.8) is 0 Å². The number of hydrogen-bond donors (Lipinski definition) is 0. The van der Waals surface area contributed by atoms with E-state index < -0.39 is 0 Å². The Balaban J connectivity index is 0. The monoisotopic (exact) mass is 194 g/mol. The van der Waals surface area contributed by atoms with Gasteiger partial charge in [-0.15, -0.1) is 0 Å². The molecule has 0 amide bonds. The molecular weight excluding hydrogens is 172 g/mol. The van der Waals surface area contributed by atoms with Crippen LogP contribution < -0.4 is 0 Å². The fourth-order valence-electron chi connectivity index (χ4n) is 0.407. The minimum Gasteiger partial charge on any atom is -0.294 e. The van der Waals surface area contributed by atoms with Crippen LogP contribution >= 0.6 is 0 Å². The molecule has 0 spiro atoms. The van der Waals surface area contributed by atoms with E-state index in [9.17, 15) is 0 Å². The Morgan fingerprint density at radius 3 is 2.14 bits per heavy atom. The van der Waals surface area contributed by atoms with Gasteiger partial charge in [-0.2, -0.15) is 0 Å². The van der Waals surface area contributed by atoms with Crippen molar-refractivity contribution >= 4 is 12.4 Å². The van der Waals surface area contributed by atoms with Crippen LogP contribution in [0.3, 0.4) is 0 Å². The normalized spacial score (nSPS) is 11.3. The lowest BCUT2D eigenvalue weighted by Gasteiger charge is -1.83. The highest BCUT2D eigenvalue weighted by molar-refractivity contribution is 5.82. The Labute approximate surface area is 88.2 Å². The zero-order valence-electron chi connectivity index (χ0n) is 9.99. The number of rotatable bonds is 3. The SMILES string of the molecule is C=C(C=NC)N=C/C=C\C.CC(C)C. The first-order chi connectivity index (χ1) is 6.54. The van der Waals surface area contributed by atoms with Crippen LogP contribution in [0.25, 0.3) is 0 Å². The fraction of sp³-hybridized carbons (Fsp3) is 0.500. The van der Waals surface area contributed by atoms with E-state index in [0.29, 0.717) is 5.70 Å². The highest BCUT2D eigenvalue weighted by Gasteiger charge is 1.75. The van der Waals surface area contributed by atoms with E-state index in [1.807, 2.05) is 19.1 Å². The maximum absolute atomic E-state index is 3.95. The van der Waals surface area contributed by atoms with Crippen molar-refractivity contribution < 1.29 is 0 Å². The zero-order valence-corrected chi connectivity index (χ0v) is 9.99. The summed E-state index contributed by atoms with van der Waals surface area (Å²) in [5, 5.41) is 0. The van der Waals surface area contributed by atoms with Crippen molar-refractivity contribution in [3.05, 3.63) is 24.4 Å². The molecule has 0 aromatic carbocycles. The molecule has 80 valence electrons. The first-order valence-corrected chi connectivity index (χ1v) is 4.81. The van der Waals surface area contributed by atoms with Crippen LogP contribution in [-0.2, 0) is 0 Å². The molecule has 0 rings (SSSR count). The van der Waals surface area contributed by atoms with Gasteiger partial charge >= 0.3 is 0 Å². The highest BCUT2D eigenvalue weighted by Crippen LogP contribution is 1.84. The summed E-state index contributed by atoms with van der Waals surface area (Å²) in [4.78, 5) is 7.70. The Morgan fingerprint density at radius 2 is 1.79 bits per heavy atom. The largest absolute Gasteiger partial charge is 0.294 e. The molecule has 0 bridgehead atoms. The second kappa shape index (κ2) is 11.8. The highest BCUT2D eigenvalue weighted by atomic mass is 14.8. The van der Waals surface area contributed by atoms with Crippen molar-refractivity contribution in [2.75, 3.05) is 7.05 Å². The molecule has 0 fully saturated rings. The Morgan fingerprint density at radius 1 is 1.29 bits per heavy atom. The van der Waals surface area contributed by atoms with Gasteiger partial charge in [-0.3, -0.25) is 9.98 Å². The third-order valence-corrected chi connectivity index (χ3v) is 0.797. The minimum atomic E-state index is 0.667. The van der Waals surface area contributed by atoms with Crippen LogP contribution in [0.15, 0.2) is 34.4 Å². The van der Waals surface area contributed by atoms with Gasteiger partial charge in [0.2, 0.25) is 0 Å². The molecule has 0 aromatic heterocycles. The van der Waals surface area contributed by atoms with Crippen LogP contribution in [0.1, 0.15) is 27.7 Å². The molecule has 0 aliphatic heterocycles. The van der Waals surface area contributed by atoms with Crippen LogP contribution in [0.5, 0.6) is 0 Å². The van der Waals surface area contributed by atoms with Crippen LogP contribution in [-0.4, -0.2) is 19.5 Å². The minimum absolute atomic E-state index is 0.667. The van der Waals surface area contributed by atoms with Gasteiger partial charge in [-0.05, 0) is 18.9 Å². The molecule has 2 nitrogen and oxygen atoms in total. The van der Waals surface area contributed by atoms with Crippen molar-refractivity contribution in [2.45, 2.75) is 27.7 Å². The van der Waals surface area contributed by atoms with Crippen LogP contribution in [0, 0.1) is 5.92 Å². The van der Waals surface area contributed by atoms with E-state index in [0.717, 1.165) is 5.92 Å². The van der Waals surface area contributed by atoms with E-state index in [1.165, 1.54) is 0 Å². The molecule has 0 N–H and O–H groups in total. The predicted octanol–water partition coefficient (Wildman–Crippen LogP) is 3.51. The summed E-state index contributed by atoms with van der Waals surface area (Å²) in [6, 6.07) is 0. The first-order valence-electron chi connectivity index (χ1n) is 4.81. The summed E-state index contributed by atoms with van der Waals surface area (Å²) in [6.07, 6.45) is 7.04. The summed E-state index contributed by atoms with van der Waals surface area (Å²) in [6.45, 7) is 12.1. The average Bonchev–Trinajstić information content (AvgIpc) is 2.04. The summed E-state index contributed by atoms with van der Waals surface area (Å²) < 4.78 is 0. The van der Waals surface area contributed by atoms with Crippen molar-refractivity contribution in [3.8, 4) is 0 Å². The Bertz CT molecular complexity index is 208. The van der Waals surface area contributed by atoms with Crippen LogP contribution in [0.2, 0.25) is 0 Å². The number of hydrogen-bond acceptors (Lipinski definition) is 2. The summed E-state index contributed by atoms with van der Waals surface area (Å²) in [5.74, 6) is 0.833. The van der Waals surface area contributed by atoms with E-state index in [2.05, 4.69) is 37.3 Å². The van der Waals surface area contributed by atoms with Gasteiger partial charge in [-0.25, -0.2) is 0 Å². The van der Waals surface area contributed by atoms with Gasteiger partial charge in [-0.1, -0.05) is 33.4 Å². The zero-order chi connectivity index (χ0) is 11.4. The Kier molecular flexibility index (Phi) is 12.9. The second-order valence-electron chi connectivity index (χ2n) is 3.41. The molecule has 2 heteroatoms. The van der Waals surface area contributed by atoms with E-state index in [-0.39, 0.29) is 0 Å². The molecule has 0 heterocycles. The molecule has 0 aromatic rings. The summed E-state index contributed by atoms with van der Waals surface area (Å²) >= 11 is 0. The smallest absolute Gasteiger partial charge is 0.0735 e. The molecule has 0 aliphatic rings. The number of nitrogens with zero attached hydrogens (tertiary/aromatic N) is 2. The van der Waals surface area contributed by atoms with Gasteiger partial charge < -0.3 is 0 Å². The van der Waals surface area contributed by atoms with Gasteiger partial charge in [0.05, 0.1) is 5.70 Å². The number of allylic oxidation sites excluding steroid dienone is 3. The standard InChI is InChI=1S/C8H12N2.C4H10/c1-4-5-6-10-8(2)7-9-3;1-4(2)3/h4-7H,2H2,1,3H3;4H,1-3H3/b5-4-,9-7?,10-6?;. The van der Waals surface area contributed by atoms with Crippen molar-refractivity contribution in [1.29, 1.82) is 0 Å². The average molecular weight is 194 g/mol. The maximum Gasteiger partial charge on any atom is 0.0735 e. The maximum atomic E-state index is 3.95. The van der Waals surface area contributed by atoms with Crippen LogP contribution in [0.4, 0.5) is 0 Å². The second-order valence-corrected chi connectivity index (χ2v) is 3.41. The lowest BCUT2D eigenvalue weighted by molar-refractivity contribution is 0.737. The summed E-state index contributed by atoms with van der Waals surface area (Å²) in [5.41, 5.74) is 0.667. The molecule has 14 heavy (non-hydrogen) atoms. The van der Waals surface area contributed by atoms with Gasteiger partial charge in [0.25, 0.3) is 0 Å². The van der Waals surface area contributed by atoms with Gasteiger partial charge in [0.1, 0.15) is 0 Å². The van der Waals surface area contributed by atoms with E-state index in [4.69, 9.17) is 0 Å².